The predicted octanol–water partition coefficient (Wildman–Crippen LogP) is 0.532. The normalized spacial score (nSPS) is 10.5. The summed E-state index contributed by atoms with van der Waals surface area (Å²) in [6, 6.07) is 1.69. The van der Waals surface area contributed by atoms with E-state index >= 15 is 0 Å². The molecule has 0 aliphatic rings. The summed E-state index contributed by atoms with van der Waals surface area (Å²) >= 11 is 0. The van der Waals surface area contributed by atoms with Gasteiger partial charge in [-0.15, -0.1) is 0 Å². The molecule has 0 aromatic carbocycles. The molecule has 0 bridgehead atoms. The summed E-state index contributed by atoms with van der Waals surface area (Å²) in [4.78, 5) is 19.8. The van der Waals surface area contributed by atoms with Gasteiger partial charge < -0.3 is 21.1 Å². The van der Waals surface area contributed by atoms with Gasteiger partial charge >= 0.3 is 0 Å². The number of nitrogens with two attached hydrogens (primary N) is 1. The molecule has 0 unspecified atom stereocenters. The Bertz CT molecular complexity index is 423. The lowest BCUT2D eigenvalue weighted by atomic mass is 10.4. The number of carbonyl (C=O) groups excluding carboxylic acids is 1. The molecule has 1 aromatic rings. The highest BCUT2D eigenvalue weighted by Crippen LogP contribution is 2.08. The van der Waals surface area contributed by atoms with Gasteiger partial charge in [-0.3, -0.25) is 4.79 Å². The second kappa shape index (κ2) is 7.52. The van der Waals surface area contributed by atoms with Gasteiger partial charge in [0.1, 0.15) is 18.2 Å². The van der Waals surface area contributed by atoms with Crippen LogP contribution in [0.4, 0.5) is 11.6 Å². The van der Waals surface area contributed by atoms with Crippen molar-refractivity contribution in [1.82, 2.24) is 15.3 Å². The number of nitrogens with zero attached hydrogens (tertiary/aromatic N) is 2. The van der Waals surface area contributed by atoms with Crippen LogP contribution in [-0.2, 0) is 16.1 Å². The third-order valence-corrected chi connectivity index (χ3v) is 2.11. The van der Waals surface area contributed by atoms with Gasteiger partial charge in [0, 0.05) is 18.7 Å². The van der Waals surface area contributed by atoms with Gasteiger partial charge in [-0.2, -0.15) is 0 Å². The first kappa shape index (κ1) is 15.2. The summed E-state index contributed by atoms with van der Waals surface area (Å²) in [5.74, 6) is 1.25. The van der Waals surface area contributed by atoms with Crippen molar-refractivity contribution in [3.63, 3.8) is 0 Å². The van der Waals surface area contributed by atoms with Crippen molar-refractivity contribution in [2.45, 2.75) is 33.4 Å². The molecule has 1 aromatic heterocycles. The van der Waals surface area contributed by atoms with E-state index in [2.05, 4.69) is 20.6 Å². The van der Waals surface area contributed by atoms with E-state index in [1.807, 2.05) is 20.8 Å². The van der Waals surface area contributed by atoms with Crippen LogP contribution >= 0.6 is 0 Å². The summed E-state index contributed by atoms with van der Waals surface area (Å²) in [5, 5.41) is 5.68. The standard InChI is InChI=1S/C12H21N5O2/c1-4-19-7-11-16-9(13)5-10(17-11)14-6-12(18)15-8(2)3/h5,8H,4,6-7H2,1-3H3,(H,15,18)(H3,13,14,16,17). The SMILES string of the molecule is CCOCc1nc(N)cc(NCC(=O)NC(C)C)n1. The van der Waals surface area contributed by atoms with E-state index in [1.54, 1.807) is 6.07 Å². The van der Waals surface area contributed by atoms with Crippen molar-refractivity contribution >= 4 is 17.5 Å². The number of rotatable bonds is 7. The lowest BCUT2D eigenvalue weighted by Crippen LogP contribution is -2.35. The highest BCUT2D eigenvalue weighted by atomic mass is 16.5. The Morgan fingerprint density at radius 2 is 2.21 bits per heavy atom. The molecular formula is C12H21N5O2. The van der Waals surface area contributed by atoms with Gasteiger partial charge in [0.25, 0.3) is 0 Å². The molecule has 0 aliphatic heterocycles. The first-order valence-corrected chi connectivity index (χ1v) is 6.25. The van der Waals surface area contributed by atoms with Crippen molar-refractivity contribution in [3.05, 3.63) is 11.9 Å². The molecular weight excluding hydrogens is 246 g/mol. The van der Waals surface area contributed by atoms with E-state index in [9.17, 15) is 4.79 Å². The molecule has 7 heteroatoms. The Kier molecular flexibility index (Phi) is 6.01. The van der Waals surface area contributed by atoms with Crippen LogP contribution in [0.1, 0.15) is 26.6 Å². The van der Waals surface area contributed by atoms with Gasteiger partial charge in [-0.25, -0.2) is 9.97 Å². The number of carbonyl (C=O) groups is 1. The second-order valence-electron chi connectivity index (χ2n) is 4.31. The fourth-order valence-electron chi connectivity index (χ4n) is 1.41. The molecule has 19 heavy (non-hydrogen) atoms. The minimum absolute atomic E-state index is 0.0986. The molecule has 0 aliphatic carbocycles. The van der Waals surface area contributed by atoms with Crippen LogP contribution in [0.3, 0.4) is 0 Å². The third kappa shape index (κ3) is 6.01. The number of anilines is 2. The van der Waals surface area contributed by atoms with Crippen molar-refractivity contribution in [2.24, 2.45) is 0 Å². The van der Waals surface area contributed by atoms with E-state index in [1.165, 1.54) is 0 Å². The molecule has 1 rings (SSSR count). The first-order chi connectivity index (χ1) is 9.01. The number of aromatic nitrogens is 2. The van der Waals surface area contributed by atoms with Gasteiger partial charge in [0.05, 0.1) is 6.54 Å². The van der Waals surface area contributed by atoms with Crippen LogP contribution in [0, 0.1) is 0 Å². The van der Waals surface area contributed by atoms with Crippen LogP contribution < -0.4 is 16.4 Å². The zero-order valence-corrected chi connectivity index (χ0v) is 11.6. The monoisotopic (exact) mass is 267 g/mol. The van der Waals surface area contributed by atoms with Crippen molar-refractivity contribution < 1.29 is 9.53 Å². The second-order valence-corrected chi connectivity index (χ2v) is 4.31. The molecule has 4 N–H and O–H groups in total. The van der Waals surface area contributed by atoms with Crippen LogP contribution in [0.2, 0.25) is 0 Å². The Hall–Kier alpha value is -1.89. The third-order valence-electron chi connectivity index (χ3n) is 2.11. The molecule has 0 fully saturated rings. The lowest BCUT2D eigenvalue weighted by Gasteiger charge is -2.10. The smallest absolute Gasteiger partial charge is 0.239 e. The minimum Gasteiger partial charge on any atom is -0.384 e. The molecule has 0 saturated heterocycles. The predicted molar refractivity (Wildman–Crippen MR) is 73.5 cm³/mol. The van der Waals surface area contributed by atoms with E-state index in [0.29, 0.717) is 30.7 Å². The van der Waals surface area contributed by atoms with Gasteiger partial charge in [-0.05, 0) is 20.8 Å². The van der Waals surface area contributed by atoms with E-state index in [4.69, 9.17) is 10.5 Å². The summed E-state index contributed by atoms with van der Waals surface area (Å²) < 4.78 is 5.22. The highest BCUT2D eigenvalue weighted by molar-refractivity contribution is 5.80. The Balaban J connectivity index is 2.57. The quantitative estimate of drug-likeness (QED) is 0.666. The van der Waals surface area contributed by atoms with Crippen molar-refractivity contribution in [1.29, 1.82) is 0 Å². The molecule has 1 amide bonds. The number of hydrogen-bond donors (Lipinski definition) is 3. The number of ether oxygens (including phenoxy) is 1. The average Bonchev–Trinajstić information content (AvgIpc) is 2.32. The number of hydrogen-bond acceptors (Lipinski definition) is 6. The van der Waals surface area contributed by atoms with Gasteiger partial charge in [-0.1, -0.05) is 0 Å². The summed E-state index contributed by atoms with van der Waals surface area (Å²) in [5.41, 5.74) is 5.67. The maximum Gasteiger partial charge on any atom is 0.239 e. The Morgan fingerprint density at radius 1 is 1.47 bits per heavy atom. The van der Waals surface area contributed by atoms with Crippen LogP contribution in [0.25, 0.3) is 0 Å². The summed E-state index contributed by atoms with van der Waals surface area (Å²) in [6.07, 6.45) is 0. The minimum atomic E-state index is -0.0986. The van der Waals surface area contributed by atoms with Crippen LogP contribution in [-0.4, -0.2) is 35.1 Å². The summed E-state index contributed by atoms with van der Waals surface area (Å²) in [7, 11) is 0. The van der Waals surface area contributed by atoms with Crippen molar-refractivity contribution in [3.8, 4) is 0 Å². The van der Waals surface area contributed by atoms with Crippen LogP contribution in [0.15, 0.2) is 6.07 Å². The van der Waals surface area contributed by atoms with Gasteiger partial charge in [0.2, 0.25) is 5.91 Å². The molecule has 106 valence electrons. The Labute approximate surface area is 113 Å². The fraction of sp³-hybridized carbons (Fsp3) is 0.583. The molecule has 0 spiro atoms. The van der Waals surface area contributed by atoms with Gasteiger partial charge in [0.15, 0.2) is 5.82 Å². The topological polar surface area (TPSA) is 102 Å². The molecule has 0 radical (unpaired) electrons. The highest BCUT2D eigenvalue weighted by Gasteiger charge is 2.06. The average molecular weight is 267 g/mol. The van der Waals surface area contributed by atoms with E-state index in [-0.39, 0.29) is 18.5 Å². The van der Waals surface area contributed by atoms with E-state index < -0.39 is 0 Å². The number of nitrogens with one attached hydrogen (secondary N) is 2. The maximum atomic E-state index is 11.5. The van der Waals surface area contributed by atoms with Crippen molar-refractivity contribution in [2.75, 3.05) is 24.2 Å². The van der Waals surface area contributed by atoms with E-state index in [0.717, 1.165) is 0 Å². The Morgan fingerprint density at radius 3 is 2.84 bits per heavy atom. The molecule has 0 atom stereocenters. The lowest BCUT2D eigenvalue weighted by molar-refractivity contribution is -0.119. The first-order valence-electron chi connectivity index (χ1n) is 6.25. The maximum absolute atomic E-state index is 11.5. The number of nitrogen functional groups attached to an aromatic ring is 1. The molecule has 0 saturated carbocycles. The molecule has 1 heterocycles. The number of amides is 1. The largest absolute Gasteiger partial charge is 0.384 e. The summed E-state index contributed by atoms with van der Waals surface area (Å²) in [6.45, 7) is 6.72. The molecule has 7 nitrogen and oxygen atoms in total. The fourth-order valence-corrected chi connectivity index (χ4v) is 1.41. The zero-order valence-electron chi connectivity index (χ0n) is 11.6. The van der Waals surface area contributed by atoms with Crippen LogP contribution in [0.5, 0.6) is 0 Å². The zero-order chi connectivity index (χ0) is 14.3.